The number of ether oxygens (including phenoxy) is 1. The second-order valence-corrected chi connectivity index (χ2v) is 9.70. The van der Waals surface area contributed by atoms with Gasteiger partial charge in [0, 0.05) is 31.1 Å². The Morgan fingerprint density at radius 2 is 2.12 bits per heavy atom. The lowest BCUT2D eigenvalue weighted by Crippen LogP contribution is -2.50. The molecule has 0 aromatic carbocycles. The van der Waals surface area contributed by atoms with Crippen molar-refractivity contribution in [1.82, 2.24) is 25.1 Å². The van der Waals surface area contributed by atoms with Gasteiger partial charge in [0.1, 0.15) is 11.5 Å². The van der Waals surface area contributed by atoms with E-state index in [9.17, 15) is 0 Å². The molecular weight excluding hydrogens is 430 g/mol. The maximum atomic E-state index is 7.10. The summed E-state index contributed by atoms with van der Waals surface area (Å²) in [6.45, 7) is 12.9. The number of anilines is 3. The van der Waals surface area contributed by atoms with Gasteiger partial charge in [0.2, 0.25) is 0 Å². The predicted molar refractivity (Wildman–Crippen MR) is 129 cm³/mol. The molecule has 0 aliphatic carbocycles. The van der Waals surface area contributed by atoms with E-state index in [0.717, 1.165) is 86.2 Å². The van der Waals surface area contributed by atoms with Crippen LogP contribution in [0.1, 0.15) is 37.6 Å². The third-order valence-corrected chi connectivity index (χ3v) is 7.76. The summed E-state index contributed by atoms with van der Waals surface area (Å²) >= 11 is 0. The summed E-state index contributed by atoms with van der Waals surface area (Å²) in [6.07, 6.45) is 5.86. The number of rotatable bonds is 3. The molecule has 10 nitrogen and oxygen atoms in total. The number of pyridine rings is 1. The summed E-state index contributed by atoms with van der Waals surface area (Å²) < 4.78 is 5.85. The Morgan fingerprint density at radius 1 is 1.26 bits per heavy atom. The van der Waals surface area contributed by atoms with Crippen molar-refractivity contribution in [3.8, 4) is 0 Å². The Balaban J connectivity index is 1.24. The molecule has 3 aliphatic rings. The smallest absolute Gasteiger partial charge is 0.256 e. The van der Waals surface area contributed by atoms with Crippen molar-refractivity contribution in [2.24, 2.45) is 11.1 Å². The Morgan fingerprint density at radius 3 is 2.88 bits per heavy atom. The van der Waals surface area contributed by atoms with Crippen LogP contribution in [0.4, 0.5) is 17.3 Å². The maximum absolute atomic E-state index is 7.10. The number of nitrogens with one attached hydrogen (secondary N) is 1. The lowest BCUT2D eigenvalue weighted by Gasteiger charge is -2.41. The molecule has 176 valence electrons. The molecule has 2 fully saturated rings. The summed E-state index contributed by atoms with van der Waals surface area (Å²) in [5, 5.41) is 7.68. The molecular formula is C24H29N9O. The highest BCUT2D eigenvalue weighted by molar-refractivity contribution is 5.87. The number of hydrogen-bond acceptors (Lipinski definition) is 8. The normalized spacial score (nSPS) is 23.9. The van der Waals surface area contributed by atoms with Gasteiger partial charge >= 0.3 is 0 Å². The topological polar surface area (TPSA) is 113 Å². The van der Waals surface area contributed by atoms with Crippen LogP contribution in [0.15, 0.2) is 18.3 Å². The second kappa shape index (κ2) is 8.18. The maximum Gasteiger partial charge on any atom is 0.256 e. The van der Waals surface area contributed by atoms with Gasteiger partial charge in [0.15, 0.2) is 17.0 Å². The van der Waals surface area contributed by atoms with Crippen molar-refractivity contribution >= 4 is 28.5 Å². The molecule has 0 radical (unpaired) electrons. The summed E-state index contributed by atoms with van der Waals surface area (Å²) in [7, 11) is 0. The van der Waals surface area contributed by atoms with Crippen LogP contribution in [0.5, 0.6) is 0 Å². The highest BCUT2D eigenvalue weighted by Crippen LogP contribution is 2.42. The molecule has 6 rings (SSSR count). The molecule has 2 saturated heterocycles. The van der Waals surface area contributed by atoms with Gasteiger partial charge in [-0.2, -0.15) is 5.10 Å². The number of fused-ring (bicyclic) bond motifs is 2. The largest absolute Gasteiger partial charge is 0.376 e. The minimum atomic E-state index is 0.0823. The van der Waals surface area contributed by atoms with Crippen LogP contribution in [-0.4, -0.2) is 63.5 Å². The summed E-state index contributed by atoms with van der Waals surface area (Å²) in [5.41, 5.74) is 10.9. The van der Waals surface area contributed by atoms with Crippen LogP contribution in [-0.2, 0) is 17.7 Å². The fraction of sp³-hybridized carbons (Fsp3) is 0.542. The van der Waals surface area contributed by atoms with Gasteiger partial charge < -0.3 is 25.1 Å². The molecule has 34 heavy (non-hydrogen) atoms. The standard InChI is InChI=1S/C24H29N9O/c1-15-21(25)24(14-34-15)7-10-32(11-8-24)19-13-27-20-22(29-19)30-31-23(20)33-9-3-4-17-18(33)6-5-16(28-17)12-26-2/h5-6,13,15,21H,3-4,7-12,14,25H2,1H3,(H,29,30,31)/t15-,21+/m0/s1. The molecule has 6 heterocycles. The highest BCUT2D eigenvalue weighted by atomic mass is 16.5. The van der Waals surface area contributed by atoms with Gasteiger partial charge in [-0.3, -0.25) is 5.10 Å². The molecule has 1 spiro atoms. The predicted octanol–water partition coefficient (Wildman–Crippen LogP) is 2.58. The van der Waals surface area contributed by atoms with Gasteiger partial charge in [-0.15, -0.1) is 0 Å². The first kappa shape index (κ1) is 21.3. The van der Waals surface area contributed by atoms with E-state index < -0.39 is 0 Å². The van der Waals surface area contributed by atoms with Gasteiger partial charge in [-0.25, -0.2) is 21.5 Å². The Bertz CT molecular complexity index is 1260. The quantitative estimate of drug-likeness (QED) is 0.575. The number of aryl methyl sites for hydroxylation is 1. The van der Waals surface area contributed by atoms with Crippen molar-refractivity contribution in [3.63, 3.8) is 0 Å². The van der Waals surface area contributed by atoms with Crippen molar-refractivity contribution in [2.45, 2.75) is 51.3 Å². The van der Waals surface area contributed by atoms with Crippen molar-refractivity contribution in [1.29, 1.82) is 0 Å². The van der Waals surface area contributed by atoms with Gasteiger partial charge in [0.25, 0.3) is 6.54 Å². The van der Waals surface area contributed by atoms with E-state index in [1.165, 1.54) is 0 Å². The number of H-pyrrole nitrogens is 1. The van der Waals surface area contributed by atoms with Crippen LogP contribution in [0, 0.1) is 12.0 Å². The second-order valence-electron chi connectivity index (χ2n) is 9.70. The Kier molecular flexibility index (Phi) is 5.12. The van der Waals surface area contributed by atoms with E-state index in [0.29, 0.717) is 12.2 Å². The lowest BCUT2D eigenvalue weighted by molar-refractivity contribution is 0.0974. The van der Waals surface area contributed by atoms with E-state index in [1.807, 2.05) is 18.3 Å². The summed E-state index contributed by atoms with van der Waals surface area (Å²) in [5.74, 6) is 1.64. The molecule has 10 heteroatoms. The molecule has 0 amide bonds. The summed E-state index contributed by atoms with van der Waals surface area (Å²) in [6, 6.07) is 4.07. The van der Waals surface area contributed by atoms with Crippen molar-refractivity contribution in [3.05, 3.63) is 41.1 Å². The molecule has 3 N–H and O–H groups in total. The first-order valence-electron chi connectivity index (χ1n) is 12.0. The Labute approximate surface area is 198 Å². The zero-order valence-corrected chi connectivity index (χ0v) is 19.4. The van der Waals surface area contributed by atoms with Crippen LogP contribution in [0.25, 0.3) is 16.0 Å². The minimum absolute atomic E-state index is 0.0823. The van der Waals surface area contributed by atoms with Crippen LogP contribution >= 0.6 is 0 Å². The SMILES string of the molecule is [C-]#[N+]Cc1ccc2c(n1)CCCN2c1n[nH]c2nc(N3CCC4(CC3)CO[C@@H](C)[C@H]4N)cnc12. The minimum Gasteiger partial charge on any atom is -0.376 e. The summed E-state index contributed by atoms with van der Waals surface area (Å²) in [4.78, 5) is 22.3. The average Bonchev–Trinajstić information content (AvgIpc) is 3.41. The monoisotopic (exact) mass is 459 g/mol. The fourth-order valence-electron chi connectivity index (χ4n) is 5.66. The molecule has 3 aromatic heterocycles. The number of piperidine rings is 1. The number of hydrogen-bond donors (Lipinski definition) is 2. The fourth-order valence-corrected chi connectivity index (χ4v) is 5.66. The molecule has 0 bridgehead atoms. The van der Waals surface area contributed by atoms with E-state index >= 15 is 0 Å². The number of nitrogens with two attached hydrogens (primary N) is 1. The number of nitrogens with zero attached hydrogens (tertiary/aromatic N) is 7. The van der Waals surface area contributed by atoms with Crippen LogP contribution < -0.4 is 15.5 Å². The number of aromatic amines is 1. The first-order valence-corrected chi connectivity index (χ1v) is 12.0. The third kappa shape index (κ3) is 3.38. The Hall–Kier alpha value is -3.29. The lowest BCUT2D eigenvalue weighted by atomic mass is 9.73. The molecule has 2 atom stereocenters. The van der Waals surface area contributed by atoms with Gasteiger partial charge in [-0.1, -0.05) is 0 Å². The van der Waals surface area contributed by atoms with Gasteiger partial charge in [0.05, 0.1) is 30.3 Å². The number of aromatic nitrogens is 5. The van der Waals surface area contributed by atoms with Crippen LogP contribution in [0.2, 0.25) is 0 Å². The first-order chi connectivity index (χ1) is 16.6. The van der Waals surface area contributed by atoms with E-state index in [-0.39, 0.29) is 17.6 Å². The zero-order chi connectivity index (χ0) is 23.3. The van der Waals surface area contributed by atoms with Crippen LogP contribution in [0.3, 0.4) is 0 Å². The molecule has 3 aromatic rings. The van der Waals surface area contributed by atoms with E-state index in [4.69, 9.17) is 32.0 Å². The molecule has 0 unspecified atom stereocenters. The third-order valence-electron chi connectivity index (χ3n) is 7.76. The van der Waals surface area contributed by atoms with E-state index in [1.54, 1.807) is 0 Å². The molecule has 0 saturated carbocycles. The van der Waals surface area contributed by atoms with Gasteiger partial charge in [-0.05, 0) is 44.7 Å². The average molecular weight is 460 g/mol. The van der Waals surface area contributed by atoms with Crippen molar-refractivity contribution in [2.75, 3.05) is 36.0 Å². The van der Waals surface area contributed by atoms with E-state index in [2.05, 4.69) is 31.8 Å². The highest BCUT2D eigenvalue weighted by Gasteiger charge is 2.47. The molecule has 3 aliphatic heterocycles. The zero-order valence-electron chi connectivity index (χ0n) is 19.4. The van der Waals surface area contributed by atoms with Crippen molar-refractivity contribution < 1.29 is 4.74 Å².